The smallest absolute Gasteiger partial charge is 1.00 e. The predicted molar refractivity (Wildman–Crippen MR) is 85.4 cm³/mol. The van der Waals surface area contributed by atoms with E-state index in [0.29, 0.717) is 39.3 Å². The first-order valence-corrected chi connectivity index (χ1v) is 7.48. The Kier molecular flexibility index (Phi) is 9.08. The summed E-state index contributed by atoms with van der Waals surface area (Å²) in [7, 11) is 0. The van der Waals surface area contributed by atoms with Gasteiger partial charge in [0, 0.05) is 0 Å². The Morgan fingerprint density at radius 3 is 0.955 bits per heavy atom. The van der Waals surface area contributed by atoms with Gasteiger partial charge in [-0.05, 0) is 19.3 Å². The number of nitrogens with two attached hydrogens (primary N) is 6. The van der Waals surface area contributed by atoms with Crippen LogP contribution in [0.25, 0.3) is 0 Å². The molecule has 128 valence electrons. The van der Waals surface area contributed by atoms with Crippen molar-refractivity contribution in [3.63, 3.8) is 0 Å². The topological polar surface area (TPSA) is 166 Å². The summed E-state index contributed by atoms with van der Waals surface area (Å²) in [4.78, 5) is 5.68. The molecule has 0 aromatic carbocycles. The van der Waals surface area contributed by atoms with Crippen LogP contribution in [-0.4, -0.2) is 52.1 Å². The third-order valence-corrected chi connectivity index (χ3v) is 4.49. The molecule has 1 heterocycles. The van der Waals surface area contributed by atoms with Crippen LogP contribution in [0.3, 0.4) is 0 Å². The van der Waals surface area contributed by atoms with Gasteiger partial charge >= 0.3 is 51.4 Å². The third kappa shape index (κ3) is 5.39. The fraction of sp³-hybridized carbons (Fsp3) is 1.00. The zero-order chi connectivity index (χ0) is 16.5. The summed E-state index contributed by atoms with van der Waals surface area (Å²) in [6.45, 7) is 7.20. The first kappa shape index (κ1) is 23.3. The third-order valence-electron chi connectivity index (χ3n) is 4.49. The minimum atomic E-state index is -0.968. The SMILES string of the molecule is CCC(N)(N)N1CN(C(N)(N)CC)CN(C(N)(N)CC)C1.[H-].[K+]. The van der Waals surface area contributed by atoms with Gasteiger partial charge in [0.1, 0.15) is 17.4 Å². The molecule has 1 saturated heterocycles. The van der Waals surface area contributed by atoms with Crippen LogP contribution in [0.2, 0.25) is 0 Å². The van der Waals surface area contributed by atoms with Gasteiger partial charge in [-0.15, -0.1) is 0 Å². The summed E-state index contributed by atoms with van der Waals surface area (Å²) in [6.07, 6.45) is 1.74. The fourth-order valence-electron chi connectivity index (χ4n) is 2.21. The van der Waals surface area contributed by atoms with E-state index in [4.69, 9.17) is 34.4 Å². The molecule has 0 aromatic heterocycles. The van der Waals surface area contributed by atoms with Crippen LogP contribution in [0.1, 0.15) is 41.5 Å². The summed E-state index contributed by atoms with van der Waals surface area (Å²) >= 11 is 0. The zero-order valence-electron chi connectivity index (χ0n) is 15.5. The molecule has 1 rings (SSSR count). The van der Waals surface area contributed by atoms with Crippen molar-refractivity contribution in [2.45, 2.75) is 57.4 Å². The molecule has 0 spiro atoms. The first-order chi connectivity index (χ1) is 9.50. The van der Waals surface area contributed by atoms with Crippen LogP contribution in [0.5, 0.6) is 0 Å². The van der Waals surface area contributed by atoms with E-state index in [2.05, 4.69) is 0 Å². The van der Waals surface area contributed by atoms with E-state index in [9.17, 15) is 0 Å². The average Bonchev–Trinajstić information content (AvgIpc) is 2.46. The molecule has 1 aliphatic rings. The summed E-state index contributed by atoms with van der Waals surface area (Å²) in [6, 6.07) is 0. The Bertz CT molecular complexity index is 295. The van der Waals surface area contributed by atoms with Crippen molar-refractivity contribution in [1.82, 2.24) is 14.7 Å². The van der Waals surface area contributed by atoms with E-state index < -0.39 is 17.4 Å². The quantitative estimate of drug-likeness (QED) is 0.204. The van der Waals surface area contributed by atoms with Gasteiger partial charge in [0.25, 0.3) is 0 Å². The summed E-state index contributed by atoms with van der Waals surface area (Å²) < 4.78 is 0. The van der Waals surface area contributed by atoms with Gasteiger partial charge in [0.05, 0.1) is 20.0 Å². The minimum absolute atomic E-state index is 0. The maximum Gasteiger partial charge on any atom is 1.00 e. The van der Waals surface area contributed by atoms with E-state index in [-0.39, 0.29) is 52.8 Å². The molecule has 9 nitrogen and oxygen atoms in total. The van der Waals surface area contributed by atoms with Crippen LogP contribution in [-0.2, 0) is 0 Å². The van der Waals surface area contributed by atoms with Crippen LogP contribution >= 0.6 is 0 Å². The molecule has 0 aliphatic carbocycles. The van der Waals surface area contributed by atoms with Gasteiger partial charge in [-0.1, -0.05) is 20.8 Å². The largest absolute Gasteiger partial charge is 1.00 e. The Hall–Kier alpha value is 1.28. The molecule has 0 saturated carbocycles. The molecule has 0 radical (unpaired) electrons. The van der Waals surface area contributed by atoms with Crippen molar-refractivity contribution >= 4 is 0 Å². The standard InChI is InChI=1S/C12H33N9.K.H/c1-4-10(13,14)19-7-20(11(15,16)5-2)9-21(8-19)12(17,18)6-3;;/h4-9,13-18H2,1-3H3;;/q;+1;-1. The molecular weight excluding hydrogens is 309 g/mol. The molecular formula is C12H34KN9. The van der Waals surface area contributed by atoms with Gasteiger partial charge in [-0.2, -0.15) is 0 Å². The number of hydrogen-bond acceptors (Lipinski definition) is 9. The molecule has 1 fully saturated rings. The summed E-state index contributed by atoms with van der Waals surface area (Å²) in [5.41, 5.74) is 37.0. The van der Waals surface area contributed by atoms with E-state index in [1.165, 1.54) is 0 Å². The van der Waals surface area contributed by atoms with E-state index >= 15 is 0 Å². The Morgan fingerprint density at radius 2 is 0.818 bits per heavy atom. The molecule has 0 unspecified atom stereocenters. The predicted octanol–water partition coefficient (Wildman–Crippen LogP) is -5.16. The van der Waals surface area contributed by atoms with Crippen LogP contribution in [0.15, 0.2) is 0 Å². The molecule has 0 atom stereocenters. The summed E-state index contributed by atoms with van der Waals surface area (Å²) in [5.74, 6) is -2.90. The van der Waals surface area contributed by atoms with Crippen molar-refractivity contribution in [3.8, 4) is 0 Å². The molecule has 12 N–H and O–H groups in total. The number of rotatable bonds is 6. The van der Waals surface area contributed by atoms with Gasteiger partial charge in [0.2, 0.25) is 0 Å². The summed E-state index contributed by atoms with van der Waals surface area (Å²) in [5, 5.41) is 0. The molecule has 10 heteroatoms. The van der Waals surface area contributed by atoms with Gasteiger partial charge in [-0.25, -0.2) is 14.7 Å². The second kappa shape index (κ2) is 8.58. The Morgan fingerprint density at radius 1 is 0.636 bits per heavy atom. The zero-order valence-corrected chi connectivity index (χ0v) is 17.7. The van der Waals surface area contributed by atoms with Crippen LogP contribution < -0.4 is 85.8 Å². The first-order valence-electron chi connectivity index (χ1n) is 7.48. The molecule has 1 aliphatic heterocycles. The Labute approximate surface area is 177 Å². The molecule has 0 bridgehead atoms. The molecule has 22 heavy (non-hydrogen) atoms. The number of nitrogens with zero attached hydrogens (tertiary/aromatic N) is 3. The fourth-order valence-corrected chi connectivity index (χ4v) is 2.21. The van der Waals surface area contributed by atoms with E-state index in [1.807, 2.05) is 35.5 Å². The second-order valence-electron chi connectivity index (χ2n) is 6.08. The van der Waals surface area contributed by atoms with E-state index in [0.717, 1.165) is 0 Å². The number of hydrogen-bond donors (Lipinski definition) is 6. The van der Waals surface area contributed by atoms with Crippen LogP contribution in [0, 0.1) is 0 Å². The van der Waals surface area contributed by atoms with Crippen molar-refractivity contribution in [1.29, 1.82) is 0 Å². The van der Waals surface area contributed by atoms with Crippen molar-refractivity contribution in [3.05, 3.63) is 0 Å². The monoisotopic (exact) mass is 343 g/mol. The van der Waals surface area contributed by atoms with Gasteiger partial charge in [-0.3, -0.25) is 0 Å². The van der Waals surface area contributed by atoms with Crippen LogP contribution in [0.4, 0.5) is 0 Å². The van der Waals surface area contributed by atoms with E-state index in [1.54, 1.807) is 0 Å². The maximum absolute atomic E-state index is 6.17. The van der Waals surface area contributed by atoms with Gasteiger partial charge < -0.3 is 35.8 Å². The van der Waals surface area contributed by atoms with Crippen molar-refractivity contribution in [2.75, 3.05) is 20.0 Å². The normalized spacial score (nSPS) is 20.0. The minimum Gasteiger partial charge on any atom is -1.00 e. The second-order valence-corrected chi connectivity index (χ2v) is 6.08. The van der Waals surface area contributed by atoms with Gasteiger partial charge in [0.15, 0.2) is 0 Å². The molecule has 0 amide bonds. The average molecular weight is 344 g/mol. The van der Waals surface area contributed by atoms with Crippen molar-refractivity contribution in [2.24, 2.45) is 34.4 Å². The Balaban J connectivity index is 0. The molecule has 0 aromatic rings. The van der Waals surface area contributed by atoms with Crippen molar-refractivity contribution < 1.29 is 52.8 Å². The maximum atomic E-state index is 6.17.